The van der Waals surface area contributed by atoms with Crippen LogP contribution < -0.4 is 5.32 Å². The van der Waals surface area contributed by atoms with Gasteiger partial charge in [-0.2, -0.15) is 0 Å². The van der Waals surface area contributed by atoms with Gasteiger partial charge in [0.05, 0.1) is 10.7 Å². The Labute approximate surface area is 121 Å². The Kier molecular flexibility index (Phi) is 4.37. The molecular weight excluding hydrogens is 343 g/mol. The van der Waals surface area contributed by atoms with Crippen LogP contribution in [0.2, 0.25) is 5.02 Å². The molecule has 0 spiro atoms. The van der Waals surface area contributed by atoms with E-state index in [1.165, 1.54) is 18.2 Å². The minimum atomic E-state index is -0.708. The van der Waals surface area contributed by atoms with E-state index in [1.807, 2.05) is 0 Å². The molecule has 0 aliphatic heterocycles. The lowest BCUT2D eigenvalue weighted by atomic mass is 10.2. The smallest absolute Gasteiger partial charge is 0.150 e. The Morgan fingerprint density at radius 1 is 1.05 bits per heavy atom. The Balaban J connectivity index is 2.16. The van der Waals surface area contributed by atoms with Crippen LogP contribution in [0.15, 0.2) is 34.8 Å². The van der Waals surface area contributed by atoms with Gasteiger partial charge < -0.3 is 5.32 Å². The summed E-state index contributed by atoms with van der Waals surface area (Å²) in [6.45, 7) is 0.237. The first-order chi connectivity index (χ1) is 8.97. The van der Waals surface area contributed by atoms with Gasteiger partial charge in [-0.1, -0.05) is 17.7 Å². The number of hydrogen-bond acceptors (Lipinski definition) is 1. The van der Waals surface area contributed by atoms with Gasteiger partial charge >= 0.3 is 0 Å². The van der Waals surface area contributed by atoms with Gasteiger partial charge in [0.15, 0.2) is 0 Å². The van der Waals surface area contributed by atoms with Gasteiger partial charge in [0.25, 0.3) is 0 Å². The van der Waals surface area contributed by atoms with Crippen molar-refractivity contribution < 1.29 is 13.2 Å². The molecule has 6 heteroatoms. The summed E-state index contributed by atoms with van der Waals surface area (Å²) in [5, 5.41) is 2.80. The molecule has 0 aliphatic rings. The average molecular weight is 351 g/mol. The van der Waals surface area contributed by atoms with Gasteiger partial charge in [-0.25, -0.2) is 13.2 Å². The lowest BCUT2D eigenvalue weighted by Crippen LogP contribution is -2.03. The Hall–Kier alpha value is -1.20. The summed E-state index contributed by atoms with van der Waals surface area (Å²) in [5.74, 6) is -1.89. The van der Waals surface area contributed by atoms with E-state index in [4.69, 9.17) is 11.6 Å². The van der Waals surface area contributed by atoms with Crippen molar-refractivity contribution >= 4 is 33.2 Å². The fourth-order valence-electron chi connectivity index (χ4n) is 1.55. The summed E-state index contributed by atoms with van der Waals surface area (Å²) >= 11 is 8.71. The number of halogens is 5. The molecular formula is C13H8BrClF3N. The molecule has 100 valence electrons. The summed E-state index contributed by atoms with van der Waals surface area (Å²) in [6, 6.07) is 6.14. The maximum absolute atomic E-state index is 13.5. The molecule has 2 rings (SSSR count). The van der Waals surface area contributed by atoms with Gasteiger partial charge in [-0.3, -0.25) is 0 Å². The SMILES string of the molecule is Fc1cc(F)c(NCc2ccc(F)c(Cl)c2)c(Br)c1. The highest BCUT2D eigenvalue weighted by atomic mass is 79.9. The first-order valence-corrected chi connectivity index (χ1v) is 6.47. The minimum absolute atomic E-state index is 0.00190. The van der Waals surface area contributed by atoms with Gasteiger partial charge in [-0.05, 0) is 39.7 Å². The van der Waals surface area contributed by atoms with Crippen molar-refractivity contribution in [2.24, 2.45) is 0 Å². The van der Waals surface area contributed by atoms with E-state index in [0.29, 0.717) is 5.56 Å². The molecule has 2 aromatic carbocycles. The van der Waals surface area contributed by atoms with E-state index in [0.717, 1.165) is 12.1 Å². The van der Waals surface area contributed by atoms with Crippen molar-refractivity contribution in [2.45, 2.75) is 6.54 Å². The maximum atomic E-state index is 13.5. The molecule has 0 radical (unpaired) electrons. The van der Waals surface area contributed by atoms with E-state index < -0.39 is 17.5 Å². The number of anilines is 1. The van der Waals surface area contributed by atoms with Crippen LogP contribution in [-0.2, 0) is 6.54 Å². The monoisotopic (exact) mass is 349 g/mol. The molecule has 0 aliphatic carbocycles. The van der Waals surface area contributed by atoms with Crippen LogP contribution in [0, 0.1) is 17.5 Å². The zero-order valence-electron chi connectivity index (χ0n) is 9.48. The molecule has 0 amide bonds. The summed E-state index contributed by atoms with van der Waals surface area (Å²) in [4.78, 5) is 0. The van der Waals surface area contributed by atoms with Crippen LogP contribution in [-0.4, -0.2) is 0 Å². The second-order valence-electron chi connectivity index (χ2n) is 3.85. The van der Waals surface area contributed by atoms with Crippen molar-refractivity contribution in [3.8, 4) is 0 Å². The van der Waals surface area contributed by atoms with Gasteiger partial charge in [0, 0.05) is 17.1 Å². The van der Waals surface area contributed by atoms with Gasteiger partial charge in [-0.15, -0.1) is 0 Å². The molecule has 0 heterocycles. The van der Waals surface area contributed by atoms with E-state index in [-0.39, 0.29) is 21.7 Å². The number of nitrogens with one attached hydrogen (secondary N) is 1. The van der Waals surface area contributed by atoms with Crippen molar-refractivity contribution in [2.75, 3.05) is 5.32 Å². The van der Waals surface area contributed by atoms with E-state index in [2.05, 4.69) is 21.2 Å². The first-order valence-electron chi connectivity index (χ1n) is 5.29. The van der Waals surface area contributed by atoms with Crippen molar-refractivity contribution in [3.63, 3.8) is 0 Å². The third kappa shape index (κ3) is 3.42. The van der Waals surface area contributed by atoms with Gasteiger partial charge in [0.2, 0.25) is 0 Å². The quantitative estimate of drug-likeness (QED) is 0.809. The predicted molar refractivity (Wildman–Crippen MR) is 72.8 cm³/mol. The molecule has 0 aromatic heterocycles. The molecule has 0 saturated carbocycles. The Morgan fingerprint density at radius 2 is 1.79 bits per heavy atom. The number of benzene rings is 2. The average Bonchev–Trinajstić information content (AvgIpc) is 2.32. The zero-order chi connectivity index (χ0) is 14.0. The third-order valence-electron chi connectivity index (χ3n) is 2.46. The number of rotatable bonds is 3. The fraction of sp³-hybridized carbons (Fsp3) is 0.0769. The summed E-state index contributed by atoms with van der Waals surface area (Å²) in [5.41, 5.74) is 0.823. The second kappa shape index (κ2) is 5.84. The van der Waals surface area contributed by atoms with Crippen LogP contribution in [0.3, 0.4) is 0 Å². The molecule has 0 bridgehead atoms. The van der Waals surface area contributed by atoms with Crippen LogP contribution in [0.1, 0.15) is 5.56 Å². The molecule has 1 N–H and O–H groups in total. The molecule has 0 fully saturated rings. The normalized spacial score (nSPS) is 10.6. The Bertz CT molecular complexity index is 596. The number of hydrogen-bond donors (Lipinski definition) is 1. The minimum Gasteiger partial charge on any atom is -0.378 e. The predicted octanol–water partition coefficient (Wildman–Crippen LogP) is 5.13. The summed E-state index contributed by atoms with van der Waals surface area (Å²) in [6.07, 6.45) is 0. The molecule has 0 unspecified atom stereocenters. The van der Waals surface area contributed by atoms with E-state index in [9.17, 15) is 13.2 Å². The van der Waals surface area contributed by atoms with Crippen LogP contribution >= 0.6 is 27.5 Å². The van der Waals surface area contributed by atoms with Crippen LogP contribution in [0.25, 0.3) is 0 Å². The first kappa shape index (κ1) is 14.2. The molecule has 0 saturated heterocycles. The van der Waals surface area contributed by atoms with Crippen LogP contribution in [0.4, 0.5) is 18.9 Å². The lowest BCUT2D eigenvalue weighted by Gasteiger charge is -2.10. The second-order valence-corrected chi connectivity index (χ2v) is 5.11. The standard InChI is InChI=1S/C13H8BrClF3N/c14-9-4-8(16)5-12(18)13(9)19-6-7-1-2-11(17)10(15)3-7/h1-5,19H,6H2. The highest BCUT2D eigenvalue weighted by Gasteiger charge is 2.09. The highest BCUT2D eigenvalue weighted by Crippen LogP contribution is 2.27. The summed E-state index contributed by atoms with van der Waals surface area (Å²) in [7, 11) is 0. The molecule has 2 aromatic rings. The van der Waals surface area contributed by atoms with Gasteiger partial charge in [0.1, 0.15) is 17.5 Å². The van der Waals surface area contributed by atoms with E-state index in [1.54, 1.807) is 0 Å². The molecule has 0 atom stereocenters. The fourth-order valence-corrected chi connectivity index (χ4v) is 2.30. The summed E-state index contributed by atoms with van der Waals surface area (Å²) < 4.78 is 39.7. The third-order valence-corrected chi connectivity index (χ3v) is 3.38. The van der Waals surface area contributed by atoms with Crippen molar-refractivity contribution in [3.05, 3.63) is 62.8 Å². The van der Waals surface area contributed by atoms with Crippen LogP contribution in [0.5, 0.6) is 0 Å². The largest absolute Gasteiger partial charge is 0.378 e. The Morgan fingerprint density at radius 3 is 2.42 bits per heavy atom. The van der Waals surface area contributed by atoms with Crippen molar-refractivity contribution in [1.29, 1.82) is 0 Å². The highest BCUT2D eigenvalue weighted by molar-refractivity contribution is 9.10. The lowest BCUT2D eigenvalue weighted by molar-refractivity contribution is 0.583. The molecule has 1 nitrogen and oxygen atoms in total. The maximum Gasteiger partial charge on any atom is 0.150 e. The zero-order valence-corrected chi connectivity index (χ0v) is 11.8. The topological polar surface area (TPSA) is 12.0 Å². The van der Waals surface area contributed by atoms with E-state index >= 15 is 0 Å². The van der Waals surface area contributed by atoms with Crippen molar-refractivity contribution in [1.82, 2.24) is 0 Å². The molecule has 19 heavy (non-hydrogen) atoms.